The van der Waals surface area contributed by atoms with Crippen LogP contribution in [0.2, 0.25) is 0 Å². The van der Waals surface area contributed by atoms with Crippen molar-refractivity contribution in [1.29, 1.82) is 0 Å². The number of carbonyl (C=O) groups is 1. The maximum Gasteiger partial charge on any atom is 0.338 e. The van der Waals surface area contributed by atoms with Gasteiger partial charge in [0.2, 0.25) is 0 Å². The van der Waals surface area contributed by atoms with Gasteiger partial charge in [-0.2, -0.15) is 0 Å². The second-order valence-corrected chi connectivity index (χ2v) is 5.59. The van der Waals surface area contributed by atoms with E-state index in [1.165, 1.54) is 16.7 Å². The number of carbonyl (C=O) groups excluding carboxylic acids is 1. The van der Waals surface area contributed by atoms with Crippen LogP contribution in [0.1, 0.15) is 30.6 Å². The van der Waals surface area contributed by atoms with Gasteiger partial charge in [0.1, 0.15) is 6.10 Å². The van der Waals surface area contributed by atoms with Crippen LogP contribution >= 0.6 is 0 Å². The Morgan fingerprint density at radius 2 is 1.95 bits per heavy atom. The van der Waals surface area contributed by atoms with E-state index >= 15 is 0 Å². The predicted molar refractivity (Wildman–Crippen MR) is 85.5 cm³/mol. The molecule has 1 aliphatic rings. The van der Waals surface area contributed by atoms with Crippen LogP contribution in [0.5, 0.6) is 0 Å². The van der Waals surface area contributed by atoms with Crippen molar-refractivity contribution in [1.82, 2.24) is 0 Å². The van der Waals surface area contributed by atoms with Crippen LogP contribution in [0, 0.1) is 6.92 Å². The lowest BCUT2D eigenvalue weighted by atomic mass is 9.96. The first-order valence-corrected chi connectivity index (χ1v) is 7.68. The van der Waals surface area contributed by atoms with Crippen LogP contribution in [-0.4, -0.2) is 18.7 Å². The highest BCUT2D eigenvalue weighted by Gasteiger charge is 2.47. The maximum atomic E-state index is 11.8. The van der Waals surface area contributed by atoms with Crippen molar-refractivity contribution in [2.75, 3.05) is 6.61 Å². The quantitative estimate of drug-likeness (QED) is 0.617. The molecule has 0 spiro atoms. The molecule has 1 heterocycles. The molecule has 0 saturated carbocycles. The average molecular weight is 296 g/mol. The molecule has 0 bridgehead atoms. The van der Waals surface area contributed by atoms with Gasteiger partial charge in [0.25, 0.3) is 0 Å². The predicted octanol–water partition coefficient (Wildman–Crippen LogP) is 4.06. The van der Waals surface area contributed by atoms with E-state index in [0.29, 0.717) is 6.61 Å². The Morgan fingerprint density at radius 1 is 1.18 bits per heavy atom. The summed E-state index contributed by atoms with van der Waals surface area (Å²) in [4.78, 5) is 11.8. The van der Waals surface area contributed by atoms with E-state index < -0.39 is 6.10 Å². The van der Waals surface area contributed by atoms with Gasteiger partial charge < -0.3 is 9.47 Å². The van der Waals surface area contributed by atoms with E-state index in [-0.39, 0.29) is 12.1 Å². The summed E-state index contributed by atoms with van der Waals surface area (Å²) in [7, 11) is 0. The van der Waals surface area contributed by atoms with Crippen LogP contribution in [0.15, 0.2) is 48.5 Å². The highest BCUT2D eigenvalue weighted by atomic mass is 16.6. The van der Waals surface area contributed by atoms with Crippen molar-refractivity contribution >= 4 is 5.97 Å². The van der Waals surface area contributed by atoms with Gasteiger partial charge in [-0.3, -0.25) is 0 Å². The molecule has 3 heteroatoms. The molecule has 2 aromatic carbocycles. The standard InChI is InChI=1S/C19H20O3/c1-3-11-21-19(20)18-17(22-18)15-10-9-13(2)16(12-15)14-7-5-4-6-8-14/h4-10,12,17-18H,3,11H2,1-2H3. The fourth-order valence-corrected chi connectivity index (χ4v) is 2.58. The molecule has 0 aliphatic carbocycles. The van der Waals surface area contributed by atoms with Gasteiger partial charge in [-0.25, -0.2) is 4.79 Å². The third-order valence-electron chi connectivity index (χ3n) is 3.85. The van der Waals surface area contributed by atoms with Gasteiger partial charge in [0.15, 0.2) is 6.10 Å². The molecule has 2 aromatic rings. The van der Waals surface area contributed by atoms with Gasteiger partial charge in [-0.15, -0.1) is 0 Å². The van der Waals surface area contributed by atoms with E-state index in [1.807, 2.05) is 31.2 Å². The number of hydrogen-bond acceptors (Lipinski definition) is 3. The summed E-state index contributed by atoms with van der Waals surface area (Å²) >= 11 is 0. The molecule has 0 amide bonds. The lowest BCUT2D eigenvalue weighted by molar-refractivity contribution is -0.145. The van der Waals surface area contributed by atoms with Crippen LogP contribution in [-0.2, 0) is 14.3 Å². The fraction of sp³-hybridized carbons (Fsp3) is 0.316. The molecule has 0 N–H and O–H groups in total. The highest BCUT2D eigenvalue weighted by molar-refractivity contribution is 5.79. The largest absolute Gasteiger partial charge is 0.464 e. The Morgan fingerprint density at radius 3 is 2.68 bits per heavy atom. The summed E-state index contributed by atoms with van der Waals surface area (Å²) in [5.74, 6) is -0.256. The molecule has 2 atom stereocenters. The van der Waals surface area contributed by atoms with Gasteiger partial charge in [-0.05, 0) is 41.7 Å². The Hall–Kier alpha value is -2.13. The molecule has 22 heavy (non-hydrogen) atoms. The van der Waals surface area contributed by atoms with Crippen molar-refractivity contribution in [3.63, 3.8) is 0 Å². The van der Waals surface area contributed by atoms with Crippen LogP contribution in [0.25, 0.3) is 11.1 Å². The first-order valence-electron chi connectivity index (χ1n) is 7.68. The molecule has 1 fully saturated rings. The van der Waals surface area contributed by atoms with Crippen molar-refractivity contribution in [2.24, 2.45) is 0 Å². The Kier molecular flexibility index (Phi) is 4.25. The molecule has 114 valence electrons. The second kappa shape index (κ2) is 6.32. The smallest absolute Gasteiger partial charge is 0.338 e. The van der Waals surface area contributed by atoms with Gasteiger partial charge >= 0.3 is 5.97 Å². The number of hydrogen-bond donors (Lipinski definition) is 0. The van der Waals surface area contributed by atoms with Crippen molar-refractivity contribution < 1.29 is 14.3 Å². The minimum absolute atomic E-state index is 0.174. The summed E-state index contributed by atoms with van der Waals surface area (Å²) in [5.41, 5.74) is 4.59. The number of ether oxygens (including phenoxy) is 2. The molecule has 3 nitrogen and oxygen atoms in total. The zero-order chi connectivity index (χ0) is 15.5. The first-order chi connectivity index (χ1) is 10.7. The molecular formula is C19H20O3. The van der Waals surface area contributed by atoms with E-state index in [0.717, 1.165) is 12.0 Å². The molecule has 1 aliphatic heterocycles. The van der Waals surface area contributed by atoms with Gasteiger partial charge in [-0.1, -0.05) is 49.4 Å². The lowest BCUT2D eigenvalue weighted by Gasteiger charge is -2.08. The van der Waals surface area contributed by atoms with Crippen molar-refractivity contribution in [3.8, 4) is 11.1 Å². The SMILES string of the molecule is CCCOC(=O)C1OC1c1ccc(C)c(-c2ccccc2)c1. The van der Waals surface area contributed by atoms with E-state index in [1.54, 1.807) is 0 Å². The van der Waals surface area contributed by atoms with E-state index in [2.05, 4.69) is 31.2 Å². The van der Waals surface area contributed by atoms with Crippen molar-refractivity contribution in [2.45, 2.75) is 32.5 Å². The Labute approximate surface area is 130 Å². The van der Waals surface area contributed by atoms with E-state index in [9.17, 15) is 4.79 Å². The van der Waals surface area contributed by atoms with Crippen LogP contribution in [0.4, 0.5) is 0 Å². The van der Waals surface area contributed by atoms with Crippen LogP contribution < -0.4 is 0 Å². The molecule has 0 radical (unpaired) electrons. The average Bonchev–Trinajstić information content (AvgIpc) is 3.34. The van der Waals surface area contributed by atoms with E-state index in [4.69, 9.17) is 9.47 Å². The molecule has 1 saturated heterocycles. The molecule has 2 unspecified atom stereocenters. The summed E-state index contributed by atoms with van der Waals surface area (Å²) < 4.78 is 10.7. The highest BCUT2D eigenvalue weighted by Crippen LogP contribution is 2.41. The molecule has 0 aromatic heterocycles. The third-order valence-corrected chi connectivity index (χ3v) is 3.85. The topological polar surface area (TPSA) is 38.8 Å². The van der Waals surface area contributed by atoms with Gasteiger partial charge in [0, 0.05) is 0 Å². The zero-order valence-corrected chi connectivity index (χ0v) is 12.9. The monoisotopic (exact) mass is 296 g/mol. The second-order valence-electron chi connectivity index (χ2n) is 5.59. The van der Waals surface area contributed by atoms with Gasteiger partial charge in [0.05, 0.1) is 6.61 Å². The third kappa shape index (κ3) is 3.04. The number of aryl methyl sites for hydroxylation is 1. The first kappa shape index (κ1) is 14.8. The fourth-order valence-electron chi connectivity index (χ4n) is 2.58. The number of epoxide rings is 1. The number of rotatable bonds is 5. The Balaban J connectivity index is 1.78. The maximum absolute atomic E-state index is 11.8. The minimum Gasteiger partial charge on any atom is -0.464 e. The summed E-state index contributed by atoms with van der Waals surface area (Å²) in [5, 5.41) is 0. The van der Waals surface area contributed by atoms with Crippen molar-refractivity contribution in [3.05, 3.63) is 59.7 Å². The minimum atomic E-state index is -0.446. The normalized spacial score (nSPS) is 19.7. The molecular weight excluding hydrogens is 276 g/mol. The summed E-state index contributed by atoms with van der Waals surface area (Å²) in [6, 6.07) is 16.5. The van der Waals surface area contributed by atoms with Crippen LogP contribution in [0.3, 0.4) is 0 Å². The number of esters is 1. The zero-order valence-electron chi connectivity index (χ0n) is 12.9. The lowest BCUT2D eigenvalue weighted by Crippen LogP contribution is -2.12. The number of benzene rings is 2. The summed E-state index contributed by atoms with van der Waals surface area (Å²) in [6.45, 7) is 4.52. The molecule has 3 rings (SSSR count). The summed E-state index contributed by atoms with van der Waals surface area (Å²) in [6.07, 6.45) is 0.205. The Bertz CT molecular complexity index is 664.